The molecule has 2 atom stereocenters. The van der Waals surface area contributed by atoms with Crippen molar-refractivity contribution in [1.82, 2.24) is 5.32 Å². The smallest absolute Gasteiger partial charge is 0.220 e. The third-order valence-corrected chi connectivity index (χ3v) is 14.5. The van der Waals surface area contributed by atoms with Gasteiger partial charge in [0.2, 0.25) is 5.91 Å². The van der Waals surface area contributed by atoms with Crippen molar-refractivity contribution in [2.24, 2.45) is 0 Å². The van der Waals surface area contributed by atoms with Crippen LogP contribution in [0.1, 0.15) is 316 Å². The van der Waals surface area contributed by atoms with E-state index in [1.54, 1.807) is 6.08 Å². The van der Waals surface area contributed by atoms with E-state index >= 15 is 0 Å². The first kappa shape index (κ1) is 72.0. The third kappa shape index (κ3) is 61.8. The summed E-state index contributed by atoms with van der Waals surface area (Å²) in [5, 5.41) is 23.2. The molecule has 0 heterocycles. The normalized spacial score (nSPS) is 13.5. The molecule has 1 amide bonds. The Morgan fingerprint density at radius 2 is 0.600 bits per heavy atom. The summed E-state index contributed by atoms with van der Waals surface area (Å²) >= 11 is 0. The zero-order valence-electron chi connectivity index (χ0n) is 49.8. The van der Waals surface area contributed by atoms with E-state index in [9.17, 15) is 15.0 Å². The van der Waals surface area contributed by atoms with Crippen LogP contribution in [-0.2, 0) is 4.79 Å². The molecule has 75 heavy (non-hydrogen) atoms. The highest BCUT2D eigenvalue weighted by atomic mass is 16.3. The summed E-state index contributed by atoms with van der Waals surface area (Å²) in [6.07, 6.45) is 98.6. The van der Waals surface area contributed by atoms with Crippen LogP contribution in [0.3, 0.4) is 0 Å². The lowest BCUT2D eigenvalue weighted by Gasteiger charge is -2.19. The molecular weight excluding hydrogens is 915 g/mol. The minimum atomic E-state index is -0.876. The summed E-state index contributed by atoms with van der Waals surface area (Å²) in [4.78, 5) is 12.5. The lowest BCUT2D eigenvalue weighted by Crippen LogP contribution is -2.45. The number of hydrogen-bond acceptors (Lipinski definition) is 3. The average molecular weight is 1040 g/mol. The first-order valence-corrected chi connectivity index (χ1v) is 32.6. The number of unbranched alkanes of at least 4 members (excludes halogenated alkanes) is 36. The van der Waals surface area contributed by atoms with Gasteiger partial charge in [-0.05, 0) is 96.3 Å². The van der Waals surface area contributed by atoms with Gasteiger partial charge in [0.05, 0.1) is 18.8 Å². The minimum Gasteiger partial charge on any atom is -0.394 e. The number of amides is 1. The summed E-state index contributed by atoms with van der Waals surface area (Å²) in [5.41, 5.74) is 0. The van der Waals surface area contributed by atoms with E-state index in [4.69, 9.17) is 0 Å². The maximum atomic E-state index is 12.5. The van der Waals surface area contributed by atoms with Crippen LogP contribution < -0.4 is 5.32 Å². The maximum Gasteiger partial charge on any atom is 0.220 e. The van der Waals surface area contributed by atoms with E-state index < -0.39 is 12.1 Å². The summed E-state index contributed by atoms with van der Waals surface area (Å²) in [6.45, 7) is 4.20. The van der Waals surface area contributed by atoms with Crippen molar-refractivity contribution >= 4 is 5.91 Å². The van der Waals surface area contributed by atoms with Crippen LogP contribution in [0.15, 0.2) is 109 Å². The number of carbonyl (C=O) groups excluding carboxylic acids is 1. The zero-order valence-corrected chi connectivity index (χ0v) is 49.8. The van der Waals surface area contributed by atoms with Crippen LogP contribution in [0.2, 0.25) is 0 Å². The molecule has 4 heteroatoms. The Kier molecular flexibility index (Phi) is 62.8. The zero-order chi connectivity index (χ0) is 54.1. The fraction of sp³-hybridized carbons (Fsp3) is 0.732. The number of allylic oxidation sites excluding steroid dienone is 17. The monoisotopic (exact) mass is 1040 g/mol. The van der Waals surface area contributed by atoms with Crippen LogP contribution in [0.25, 0.3) is 0 Å². The van der Waals surface area contributed by atoms with Gasteiger partial charge < -0.3 is 15.5 Å². The van der Waals surface area contributed by atoms with Crippen LogP contribution in [0, 0.1) is 0 Å². The van der Waals surface area contributed by atoms with Crippen molar-refractivity contribution in [3.63, 3.8) is 0 Å². The lowest BCUT2D eigenvalue weighted by molar-refractivity contribution is -0.123. The standard InChI is InChI=1S/C71H125NO3/c1-3-5-7-9-11-13-15-17-19-21-23-25-27-29-31-32-33-34-35-36-37-38-39-40-41-43-45-47-49-51-53-55-57-59-61-63-65-67-71(75)72-69(68-73)70(74)66-64-62-60-58-56-54-52-50-48-46-44-42-30-28-26-24-22-20-18-16-14-12-10-8-6-4-2/h5,7,11,13,17,19,23,25,29,31,33-34,48,50,56,58,64,66,69-70,73-74H,3-4,6,8-10,12,14-16,18,20-22,24,26-28,30,32,35-47,49,51-55,57,59-63,65,67-68H2,1-2H3,(H,72,75)/b7-5-,13-11-,19-17-,25-23-,31-29-,34-33-,50-48+,58-56+,66-64+. The summed E-state index contributed by atoms with van der Waals surface area (Å²) < 4.78 is 0. The van der Waals surface area contributed by atoms with Gasteiger partial charge in [-0.25, -0.2) is 0 Å². The minimum absolute atomic E-state index is 0.0769. The number of aliphatic hydroxyl groups is 2. The fourth-order valence-corrected chi connectivity index (χ4v) is 9.57. The molecule has 0 radical (unpaired) electrons. The van der Waals surface area contributed by atoms with Gasteiger partial charge in [0.1, 0.15) is 0 Å². The van der Waals surface area contributed by atoms with E-state index in [0.717, 1.165) is 77.0 Å². The number of rotatable bonds is 59. The largest absolute Gasteiger partial charge is 0.394 e. The van der Waals surface area contributed by atoms with E-state index in [-0.39, 0.29) is 12.5 Å². The average Bonchev–Trinajstić information content (AvgIpc) is 3.41. The van der Waals surface area contributed by atoms with Gasteiger partial charge in [0, 0.05) is 6.42 Å². The molecule has 0 aliphatic heterocycles. The summed E-state index contributed by atoms with van der Waals surface area (Å²) in [5.74, 6) is -0.0769. The Hall–Kier alpha value is -2.95. The highest BCUT2D eigenvalue weighted by molar-refractivity contribution is 5.76. The summed E-state index contributed by atoms with van der Waals surface area (Å²) in [7, 11) is 0. The number of hydrogen-bond donors (Lipinski definition) is 3. The SMILES string of the molecule is CC/C=C\C/C=C\C/C=C\C/C=C\C/C=C\C/C=C\CCCCCCCCCCCCCCCCCCCCC(=O)NC(CO)C(O)/C=C/CC/C=C/CC/C=C/CCCCCCCCCCCCCCCCCC. The Labute approximate surface area is 467 Å². The first-order valence-electron chi connectivity index (χ1n) is 32.6. The van der Waals surface area contributed by atoms with Crippen molar-refractivity contribution in [3.05, 3.63) is 109 Å². The van der Waals surface area contributed by atoms with Crippen molar-refractivity contribution in [1.29, 1.82) is 0 Å². The molecule has 0 spiro atoms. The molecule has 0 aliphatic carbocycles. The number of nitrogens with one attached hydrogen (secondary N) is 1. The number of aliphatic hydroxyl groups excluding tert-OH is 2. The van der Waals surface area contributed by atoms with Crippen LogP contribution in [-0.4, -0.2) is 34.9 Å². The van der Waals surface area contributed by atoms with E-state index in [2.05, 4.69) is 116 Å². The van der Waals surface area contributed by atoms with Gasteiger partial charge in [0.25, 0.3) is 0 Å². The molecule has 3 N–H and O–H groups in total. The third-order valence-electron chi connectivity index (χ3n) is 14.5. The molecule has 0 rings (SSSR count). The molecular formula is C71H125NO3. The Balaban J connectivity index is 3.53. The summed E-state index contributed by atoms with van der Waals surface area (Å²) in [6, 6.07) is -0.652. The van der Waals surface area contributed by atoms with Gasteiger partial charge in [-0.15, -0.1) is 0 Å². The van der Waals surface area contributed by atoms with Crippen molar-refractivity contribution in [3.8, 4) is 0 Å². The molecule has 4 nitrogen and oxygen atoms in total. The number of carbonyl (C=O) groups is 1. The van der Waals surface area contributed by atoms with Crippen molar-refractivity contribution in [2.45, 2.75) is 328 Å². The molecule has 2 unspecified atom stereocenters. The second-order valence-corrected chi connectivity index (χ2v) is 21.8. The maximum absolute atomic E-state index is 12.5. The van der Waals surface area contributed by atoms with E-state index in [0.29, 0.717) is 6.42 Å². The Morgan fingerprint density at radius 1 is 0.333 bits per heavy atom. The van der Waals surface area contributed by atoms with Crippen LogP contribution >= 0.6 is 0 Å². The second-order valence-electron chi connectivity index (χ2n) is 21.8. The van der Waals surface area contributed by atoms with E-state index in [1.165, 1.54) is 218 Å². The van der Waals surface area contributed by atoms with Gasteiger partial charge >= 0.3 is 0 Å². The highest BCUT2D eigenvalue weighted by Crippen LogP contribution is 2.17. The molecule has 0 saturated carbocycles. The Morgan fingerprint density at radius 3 is 0.933 bits per heavy atom. The molecule has 0 aromatic heterocycles. The van der Waals surface area contributed by atoms with E-state index in [1.807, 2.05) is 6.08 Å². The fourth-order valence-electron chi connectivity index (χ4n) is 9.57. The first-order chi connectivity index (χ1) is 37.2. The Bertz CT molecular complexity index is 1410. The van der Waals surface area contributed by atoms with Crippen molar-refractivity contribution < 1.29 is 15.0 Å². The molecule has 0 aliphatic rings. The molecule has 0 bridgehead atoms. The highest BCUT2D eigenvalue weighted by Gasteiger charge is 2.18. The van der Waals surface area contributed by atoms with Gasteiger partial charge in [-0.2, -0.15) is 0 Å². The molecule has 432 valence electrons. The predicted octanol–water partition coefficient (Wildman–Crippen LogP) is 22.2. The second kappa shape index (κ2) is 65.3. The van der Waals surface area contributed by atoms with Gasteiger partial charge in [-0.1, -0.05) is 322 Å². The lowest BCUT2D eigenvalue weighted by atomic mass is 10.0. The molecule has 0 saturated heterocycles. The van der Waals surface area contributed by atoms with Gasteiger partial charge in [0.15, 0.2) is 0 Å². The predicted molar refractivity (Wildman–Crippen MR) is 336 cm³/mol. The molecule has 0 aromatic rings. The molecule has 0 aromatic carbocycles. The van der Waals surface area contributed by atoms with Gasteiger partial charge in [-0.3, -0.25) is 4.79 Å². The van der Waals surface area contributed by atoms with Crippen LogP contribution in [0.5, 0.6) is 0 Å². The molecule has 0 fully saturated rings. The van der Waals surface area contributed by atoms with Crippen molar-refractivity contribution in [2.75, 3.05) is 6.61 Å². The van der Waals surface area contributed by atoms with Crippen LogP contribution in [0.4, 0.5) is 0 Å². The quantitative estimate of drug-likeness (QED) is 0.0420. The topological polar surface area (TPSA) is 69.6 Å².